The second kappa shape index (κ2) is 5.41. The highest BCUT2D eigenvalue weighted by atomic mass is 32.1. The Morgan fingerprint density at radius 1 is 1.29 bits per heavy atom. The van der Waals surface area contributed by atoms with Crippen molar-refractivity contribution in [2.75, 3.05) is 0 Å². The minimum absolute atomic E-state index is 0.115. The SMILES string of the molecule is CCCc1nn(Cc2nnc3n(C)c(=O)c4sccc4n23)c(=O)o1. The van der Waals surface area contributed by atoms with E-state index in [-0.39, 0.29) is 12.1 Å². The van der Waals surface area contributed by atoms with Crippen LogP contribution in [0.15, 0.2) is 25.5 Å². The molecule has 0 N–H and O–H groups in total. The van der Waals surface area contributed by atoms with Gasteiger partial charge < -0.3 is 4.42 Å². The summed E-state index contributed by atoms with van der Waals surface area (Å²) in [6, 6.07) is 1.84. The van der Waals surface area contributed by atoms with Crippen LogP contribution in [0.5, 0.6) is 0 Å². The van der Waals surface area contributed by atoms with E-state index in [0.29, 0.717) is 28.6 Å². The van der Waals surface area contributed by atoms with Crippen LogP contribution in [0, 0.1) is 0 Å². The molecule has 0 atom stereocenters. The summed E-state index contributed by atoms with van der Waals surface area (Å²) in [6.07, 6.45) is 1.44. The third kappa shape index (κ3) is 2.10. The van der Waals surface area contributed by atoms with Crippen molar-refractivity contribution in [3.8, 4) is 0 Å². The van der Waals surface area contributed by atoms with Gasteiger partial charge >= 0.3 is 5.76 Å². The van der Waals surface area contributed by atoms with E-state index < -0.39 is 5.76 Å². The number of nitrogens with zero attached hydrogens (tertiary/aromatic N) is 6. The van der Waals surface area contributed by atoms with Gasteiger partial charge in [0.05, 0.1) is 5.52 Å². The normalized spacial score (nSPS) is 11.8. The lowest BCUT2D eigenvalue weighted by atomic mass is 10.3. The molecule has 0 aliphatic rings. The highest BCUT2D eigenvalue weighted by molar-refractivity contribution is 7.17. The lowest BCUT2D eigenvalue weighted by Gasteiger charge is -2.04. The number of hydrogen-bond donors (Lipinski definition) is 0. The topological polar surface area (TPSA) is 100 Å². The van der Waals surface area contributed by atoms with Gasteiger partial charge in [0.1, 0.15) is 11.2 Å². The number of aryl methyl sites for hydroxylation is 2. The number of aromatic nitrogens is 6. The van der Waals surface area contributed by atoms with Crippen molar-refractivity contribution in [3.05, 3.63) is 44.1 Å². The third-order valence-electron chi connectivity index (χ3n) is 3.80. The molecule has 4 aromatic rings. The quantitative estimate of drug-likeness (QED) is 0.542. The van der Waals surface area contributed by atoms with Crippen LogP contribution in [0.3, 0.4) is 0 Å². The minimum atomic E-state index is -0.526. The molecule has 0 aromatic carbocycles. The molecular weight excluding hydrogens is 332 g/mol. The van der Waals surface area contributed by atoms with E-state index in [0.717, 1.165) is 11.9 Å². The van der Waals surface area contributed by atoms with Gasteiger partial charge in [0, 0.05) is 13.5 Å². The maximum atomic E-state index is 12.3. The largest absolute Gasteiger partial charge is 0.437 e. The lowest BCUT2D eigenvalue weighted by Crippen LogP contribution is -2.21. The Labute approximate surface area is 138 Å². The molecule has 0 aliphatic carbocycles. The monoisotopic (exact) mass is 346 g/mol. The van der Waals surface area contributed by atoms with E-state index in [4.69, 9.17) is 4.42 Å². The molecule has 4 heterocycles. The van der Waals surface area contributed by atoms with Gasteiger partial charge in [0.25, 0.3) is 5.56 Å². The van der Waals surface area contributed by atoms with Crippen molar-refractivity contribution in [3.63, 3.8) is 0 Å². The fourth-order valence-corrected chi connectivity index (χ4v) is 3.50. The first-order valence-electron chi connectivity index (χ1n) is 7.47. The summed E-state index contributed by atoms with van der Waals surface area (Å²) in [5.41, 5.74) is 0.610. The van der Waals surface area contributed by atoms with E-state index in [1.807, 2.05) is 18.4 Å². The number of hydrogen-bond acceptors (Lipinski definition) is 7. The molecule has 124 valence electrons. The summed E-state index contributed by atoms with van der Waals surface area (Å²) in [5.74, 6) is 0.819. The molecule has 0 unspecified atom stereocenters. The highest BCUT2D eigenvalue weighted by Gasteiger charge is 2.17. The fraction of sp³-hybridized carbons (Fsp3) is 0.357. The van der Waals surface area contributed by atoms with Crippen LogP contribution in [-0.2, 0) is 20.0 Å². The Bertz CT molecular complexity index is 1160. The summed E-state index contributed by atoms with van der Waals surface area (Å²) in [7, 11) is 1.65. The Balaban J connectivity index is 1.89. The molecule has 0 spiro atoms. The van der Waals surface area contributed by atoms with Crippen molar-refractivity contribution in [1.29, 1.82) is 0 Å². The molecule has 0 aliphatic heterocycles. The molecule has 0 radical (unpaired) electrons. The first-order valence-corrected chi connectivity index (χ1v) is 8.35. The molecule has 0 saturated carbocycles. The molecular formula is C14H14N6O3S. The number of thiophene rings is 1. The van der Waals surface area contributed by atoms with E-state index >= 15 is 0 Å². The Kier molecular flexibility index (Phi) is 3.34. The van der Waals surface area contributed by atoms with Crippen molar-refractivity contribution >= 4 is 27.3 Å². The molecule has 4 rings (SSSR count). The smallest absolute Gasteiger partial charge is 0.392 e. The van der Waals surface area contributed by atoms with E-state index in [2.05, 4.69) is 15.3 Å². The zero-order chi connectivity index (χ0) is 16.8. The summed E-state index contributed by atoms with van der Waals surface area (Å²) in [4.78, 5) is 24.2. The lowest BCUT2D eigenvalue weighted by molar-refractivity contribution is 0.447. The van der Waals surface area contributed by atoms with Crippen molar-refractivity contribution in [1.82, 2.24) is 28.9 Å². The first-order chi connectivity index (χ1) is 11.6. The molecule has 4 aromatic heterocycles. The van der Waals surface area contributed by atoms with Crippen LogP contribution >= 0.6 is 11.3 Å². The Morgan fingerprint density at radius 2 is 2.12 bits per heavy atom. The molecule has 10 heteroatoms. The van der Waals surface area contributed by atoms with Gasteiger partial charge in [-0.2, -0.15) is 4.68 Å². The van der Waals surface area contributed by atoms with Crippen LogP contribution in [-0.4, -0.2) is 28.9 Å². The molecule has 24 heavy (non-hydrogen) atoms. The molecule has 0 saturated heterocycles. The third-order valence-corrected chi connectivity index (χ3v) is 4.69. The van der Waals surface area contributed by atoms with Crippen molar-refractivity contribution < 1.29 is 4.42 Å². The van der Waals surface area contributed by atoms with Crippen LogP contribution < -0.4 is 11.3 Å². The summed E-state index contributed by atoms with van der Waals surface area (Å²) in [6.45, 7) is 2.11. The van der Waals surface area contributed by atoms with Gasteiger partial charge in [-0.1, -0.05) is 6.92 Å². The molecule has 0 bridgehead atoms. The summed E-state index contributed by atoms with van der Waals surface area (Å²) >= 11 is 1.36. The highest BCUT2D eigenvalue weighted by Crippen LogP contribution is 2.19. The van der Waals surface area contributed by atoms with Gasteiger partial charge in [-0.25, -0.2) is 4.79 Å². The summed E-state index contributed by atoms with van der Waals surface area (Å²) < 4.78 is 10.2. The maximum Gasteiger partial charge on any atom is 0.437 e. The zero-order valence-corrected chi connectivity index (χ0v) is 13.9. The molecule has 0 fully saturated rings. The van der Waals surface area contributed by atoms with E-state index in [1.165, 1.54) is 20.6 Å². The van der Waals surface area contributed by atoms with Crippen LogP contribution in [0.1, 0.15) is 25.1 Å². The second-order valence-electron chi connectivity index (χ2n) is 5.42. The number of fused-ring (bicyclic) bond motifs is 3. The van der Waals surface area contributed by atoms with Crippen LogP contribution in [0.2, 0.25) is 0 Å². The Morgan fingerprint density at radius 3 is 2.92 bits per heavy atom. The van der Waals surface area contributed by atoms with Gasteiger partial charge in [-0.3, -0.25) is 13.8 Å². The average molecular weight is 346 g/mol. The minimum Gasteiger partial charge on any atom is -0.392 e. The Hall–Kier alpha value is -2.75. The summed E-state index contributed by atoms with van der Waals surface area (Å²) in [5, 5.41) is 14.2. The average Bonchev–Trinajstić information content (AvgIpc) is 3.25. The van der Waals surface area contributed by atoms with Crippen LogP contribution in [0.25, 0.3) is 16.0 Å². The predicted octanol–water partition coefficient (Wildman–Crippen LogP) is 0.793. The van der Waals surface area contributed by atoms with Gasteiger partial charge in [-0.05, 0) is 17.9 Å². The number of rotatable bonds is 4. The molecule has 9 nitrogen and oxygen atoms in total. The van der Waals surface area contributed by atoms with Gasteiger partial charge in [0.15, 0.2) is 5.82 Å². The van der Waals surface area contributed by atoms with Crippen LogP contribution in [0.4, 0.5) is 0 Å². The molecule has 0 amide bonds. The van der Waals surface area contributed by atoms with E-state index in [9.17, 15) is 9.59 Å². The first kappa shape index (κ1) is 14.8. The maximum absolute atomic E-state index is 12.3. The predicted molar refractivity (Wildman–Crippen MR) is 87.5 cm³/mol. The van der Waals surface area contributed by atoms with Gasteiger partial charge in [0.2, 0.25) is 11.7 Å². The van der Waals surface area contributed by atoms with Gasteiger partial charge in [-0.15, -0.1) is 26.6 Å². The van der Waals surface area contributed by atoms with Crippen molar-refractivity contribution in [2.45, 2.75) is 26.3 Å². The zero-order valence-electron chi connectivity index (χ0n) is 13.1. The van der Waals surface area contributed by atoms with E-state index in [1.54, 1.807) is 11.4 Å². The fourth-order valence-electron chi connectivity index (χ4n) is 2.65. The standard InChI is InChI=1S/C14H14N6O3S/c1-3-4-10-17-19(14(22)23-10)7-9-15-16-13-18(2)12(21)11-8(20(9)13)5-6-24-11/h5-6H,3-4,7H2,1-2H3. The van der Waals surface area contributed by atoms with Crippen molar-refractivity contribution in [2.24, 2.45) is 7.05 Å². The second-order valence-corrected chi connectivity index (χ2v) is 6.34.